The van der Waals surface area contributed by atoms with Gasteiger partial charge in [0.05, 0.1) is 5.75 Å². The summed E-state index contributed by atoms with van der Waals surface area (Å²) in [6.07, 6.45) is 0. The quantitative estimate of drug-likeness (QED) is 0.303. The largest absolute Gasteiger partial charge is 0.325 e. The number of anilines is 1. The maximum Gasteiger partial charge on any atom is 0.234 e. The Morgan fingerprint density at radius 2 is 1.82 bits per heavy atom. The number of hydrogen-bond donors (Lipinski definition) is 1. The first-order chi connectivity index (χ1) is 15.9. The lowest BCUT2D eigenvalue weighted by Gasteiger charge is -2.11. The van der Waals surface area contributed by atoms with Gasteiger partial charge in [-0.2, -0.15) is 0 Å². The van der Waals surface area contributed by atoms with Crippen molar-refractivity contribution in [3.05, 3.63) is 69.4 Å². The van der Waals surface area contributed by atoms with Crippen molar-refractivity contribution in [3.8, 4) is 22.5 Å². The number of nitrogens with zero attached hydrogens (tertiary/aromatic N) is 3. The fourth-order valence-corrected chi connectivity index (χ4v) is 5.45. The second-order valence-corrected chi connectivity index (χ2v) is 10.1. The summed E-state index contributed by atoms with van der Waals surface area (Å²) in [5.41, 5.74) is 7.81. The summed E-state index contributed by atoms with van der Waals surface area (Å²) in [5.74, 6) is 1.07. The third-order valence-corrected chi connectivity index (χ3v) is 7.68. The highest BCUT2D eigenvalue weighted by Crippen LogP contribution is 2.39. The molecule has 0 aliphatic carbocycles. The van der Waals surface area contributed by atoms with E-state index in [0.29, 0.717) is 0 Å². The molecule has 2 aromatic carbocycles. The third-order valence-electron chi connectivity index (χ3n) is 5.80. The first kappa shape index (κ1) is 23.3. The molecule has 0 bridgehead atoms. The van der Waals surface area contributed by atoms with Gasteiger partial charge in [0.15, 0.2) is 11.0 Å². The smallest absolute Gasteiger partial charge is 0.234 e. The van der Waals surface area contributed by atoms with E-state index in [1.165, 1.54) is 33.3 Å². The molecule has 170 valence electrons. The zero-order chi connectivity index (χ0) is 23.5. The van der Waals surface area contributed by atoms with Crippen molar-refractivity contribution in [1.29, 1.82) is 0 Å². The summed E-state index contributed by atoms with van der Waals surface area (Å²) in [4.78, 5) is 13.9. The van der Waals surface area contributed by atoms with Gasteiger partial charge in [0, 0.05) is 33.6 Å². The molecule has 0 aliphatic rings. The maximum absolute atomic E-state index is 12.6. The number of aromatic nitrogens is 3. The number of thioether (sulfide) groups is 1. The molecule has 2 aromatic heterocycles. The highest BCUT2D eigenvalue weighted by molar-refractivity contribution is 7.99. The van der Waals surface area contributed by atoms with Crippen molar-refractivity contribution < 1.29 is 4.79 Å². The summed E-state index contributed by atoms with van der Waals surface area (Å²) < 4.78 is 2.09. The van der Waals surface area contributed by atoms with E-state index >= 15 is 0 Å². The van der Waals surface area contributed by atoms with Crippen LogP contribution in [0.25, 0.3) is 22.5 Å². The van der Waals surface area contributed by atoms with Crippen molar-refractivity contribution in [2.24, 2.45) is 0 Å². The van der Waals surface area contributed by atoms with Crippen LogP contribution in [0, 0.1) is 27.7 Å². The van der Waals surface area contributed by atoms with E-state index < -0.39 is 0 Å². The van der Waals surface area contributed by atoms with Crippen LogP contribution in [0.15, 0.2) is 53.0 Å². The second kappa shape index (κ2) is 9.93. The van der Waals surface area contributed by atoms with Gasteiger partial charge in [0.2, 0.25) is 5.91 Å². The molecule has 2 heterocycles. The average Bonchev–Trinajstić information content (AvgIpc) is 3.38. The van der Waals surface area contributed by atoms with Crippen LogP contribution >= 0.6 is 23.1 Å². The van der Waals surface area contributed by atoms with Gasteiger partial charge in [-0.15, -0.1) is 21.5 Å². The molecule has 0 fully saturated rings. The van der Waals surface area contributed by atoms with Crippen molar-refractivity contribution in [1.82, 2.24) is 14.8 Å². The van der Waals surface area contributed by atoms with Crippen molar-refractivity contribution in [3.63, 3.8) is 0 Å². The van der Waals surface area contributed by atoms with E-state index in [4.69, 9.17) is 0 Å². The normalized spacial score (nSPS) is 11.1. The molecule has 0 spiro atoms. The van der Waals surface area contributed by atoms with Crippen LogP contribution in [0.3, 0.4) is 0 Å². The molecule has 4 rings (SSSR count). The lowest BCUT2D eigenvalue weighted by Crippen LogP contribution is -2.15. The number of aryl methyl sites for hydroxylation is 3. The Bertz CT molecular complexity index is 1290. The molecule has 7 heteroatoms. The number of hydrogen-bond acceptors (Lipinski definition) is 5. The number of carbonyl (C=O) groups excluding carboxylic acids is 1. The fourth-order valence-electron chi connectivity index (χ4n) is 3.78. The first-order valence-electron chi connectivity index (χ1n) is 11.0. The van der Waals surface area contributed by atoms with Crippen molar-refractivity contribution >= 4 is 34.7 Å². The van der Waals surface area contributed by atoms with Gasteiger partial charge in [0.1, 0.15) is 0 Å². The van der Waals surface area contributed by atoms with Crippen LogP contribution in [0.4, 0.5) is 5.69 Å². The summed E-state index contributed by atoms with van der Waals surface area (Å²) in [5, 5.41) is 14.9. The lowest BCUT2D eigenvalue weighted by atomic mass is 10.0. The van der Waals surface area contributed by atoms with E-state index in [2.05, 4.69) is 70.5 Å². The molecular weight excluding hydrogens is 448 g/mol. The Balaban J connectivity index is 1.55. The fraction of sp³-hybridized carbons (Fsp3) is 0.269. The molecule has 0 aliphatic heterocycles. The Morgan fingerprint density at radius 1 is 1.06 bits per heavy atom. The van der Waals surface area contributed by atoms with Crippen LogP contribution in [-0.2, 0) is 11.3 Å². The van der Waals surface area contributed by atoms with Crippen LogP contribution < -0.4 is 5.32 Å². The van der Waals surface area contributed by atoms with Crippen LogP contribution in [-0.4, -0.2) is 26.4 Å². The lowest BCUT2D eigenvalue weighted by molar-refractivity contribution is -0.113. The minimum atomic E-state index is -0.0485. The van der Waals surface area contributed by atoms with Crippen molar-refractivity contribution in [2.45, 2.75) is 46.3 Å². The zero-order valence-electron chi connectivity index (χ0n) is 19.6. The van der Waals surface area contributed by atoms with E-state index in [1.807, 2.05) is 32.0 Å². The number of benzene rings is 2. The number of carbonyl (C=O) groups is 1. The topological polar surface area (TPSA) is 59.8 Å². The predicted molar refractivity (Wildman–Crippen MR) is 139 cm³/mol. The number of rotatable bonds is 7. The molecule has 1 N–H and O–H groups in total. The Labute approximate surface area is 203 Å². The molecule has 0 atom stereocenters. The molecule has 1 amide bonds. The molecule has 0 saturated carbocycles. The minimum absolute atomic E-state index is 0.0485. The number of nitrogens with one attached hydrogen (secondary N) is 1. The van der Waals surface area contributed by atoms with Gasteiger partial charge in [-0.25, -0.2) is 0 Å². The molecule has 0 unspecified atom stereocenters. The average molecular weight is 477 g/mol. The first-order valence-corrected chi connectivity index (χ1v) is 12.8. The molecule has 0 radical (unpaired) electrons. The van der Waals surface area contributed by atoms with E-state index in [9.17, 15) is 4.79 Å². The number of amides is 1. The predicted octanol–water partition coefficient (Wildman–Crippen LogP) is 6.66. The van der Waals surface area contributed by atoms with Crippen LogP contribution in [0.2, 0.25) is 0 Å². The van der Waals surface area contributed by atoms with Gasteiger partial charge in [-0.1, -0.05) is 53.7 Å². The Morgan fingerprint density at radius 3 is 2.55 bits per heavy atom. The summed E-state index contributed by atoms with van der Waals surface area (Å²) in [6, 6.07) is 14.5. The third kappa shape index (κ3) is 4.89. The van der Waals surface area contributed by atoms with Gasteiger partial charge in [0.25, 0.3) is 0 Å². The highest BCUT2D eigenvalue weighted by Gasteiger charge is 2.20. The Hall–Kier alpha value is -2.90. The molecular formula is C26H28N4OS2. The summed E-state index contributed by atoms with van der Waals surface area (Å²) in [7, 11) is 0. The maximum atomic E-state index is 12.6. The monoisotopic (exact) mass is 476 g/mol. The minimum Gasteiger partial charge on any atom is -0.325 e. The van der Waals surface area contributed by atoms with Crippen molar-refractivity contribution in [2.75, 3.05) is 11.1 Å². The van der Waals surface area contributed by atoms with E-state index in [0.717, 1.165) is 39.9 Å². The van der Waals surface area contributed by atoms with Gasteiger partial charge in [-0.3, -0.25) is 4.79 Å². The highest BCUT2D eigenvalue weighted by atomic mass is 32.2. The van der Waals surface area contributed by atoms with E-state index in [1.54, 1.807) is 11.3 Å². The number of thiophene rings is 1. The Kier molecular flexibility index (Phi) is 7.00. The standard InChI is InChI=1S/C26H28N4OS2/c1-6-30-25(21-14-32-19(5)24(21)20-12-10-16(2)11-13-20)28-29-26(30)33-15-23(31)27-22-9-7-8-17(3)18(22)4/h7-14H,6,15H2,1-5H3,(H,27,31). The zero-order valence-corrected chi connectivity index (χ0v) is 21.2. The summed E-state index contributed by atoms with van der Waals surface area (Å²) >= 11 is 3.14. The molecule has 5 nitrogen and oxygen atoms in total. The molecule has 0 saturated heterocycles. The van der Waals surface area contributed by atoms with Gasteiger partial charge in [-0.05, 0) is 57.4 Å². The summed E-state index contributed by atoms with van der Waals surface area (Å²) in [6.45, 7) is 11.1. The van der Waals surface area contributed by atoms with Crippen LogP contribution in [0.5, 0.6) is 0 Å². The van der Waals surface area contributed by atoms with E-state index in [-0.39, 0.29) is 11.7 Å². The molecule has 33 heavy (non-hydrogen) atoms. The van der Waals surface area contributed by atoms with Crippen LogP contribution in [0.1, 0.15) is 28.5 Å². The second-order valence-electron chi connectivity index (χ2n) is 8.08. The molecule has 4 aromatic rings. The van der Waals surface area contributed by atoms with Gasteiger partial charge >= 0.3 is 0 Å². The SMILES string of the molecule is CCn1c(SCC(=O)Nc2cccc(C)c2C)nnc1-c1csc(C)c1-c1ccc(C)cc1. The van der Waals surface area contributed by atoms with Gasteiger partial charge < -0.3 is 9.88 Å².